The summed E-state index contributed by atoms with van der Waals surface area (Å²) in [6, 6.07) is 3.49. The molecule has 146 valence electrons. The highest BCUT2D eigenvalue weighted by Gasteiger charge is 2.30. The first kappa shape index (κ1) is 19.5. The summed E-state index contributed by atoms with van der Waals surface area (Å²) >= 11 is 6.05. The maximum atomic E-state index is 13.1. The van der Waals surface area contributed by atoms with Gasteiger partial charge in [0.05, 0.1) is 5.69 Å². The van der Waals surface area contributed by atoms with Gasteiger partial charge in [-0.25, -0.2) is 9.78 Å². The second-order valence-corrected chi connectivity index (χ2v) is 8.03. The topological polar surface area (TPSA) is 67.2 Å². The predicted octanol–water partition coefficient (Wildman–Crippen LogP) is 3.24. The Hall–Kier alpha value is -2.28. The maximum Gasteiger partial charge on any atom is 0.410 e. The summed E-state index contributed by atoms with van der Waals surface area (Å²) in [5.74, 6) is -0.0782. The van der Waals surface area contributed by atoms with E-state index in [0.717, 1.165) is 5.69 Å². The standard InChI is InChI=1S/C19H25ClN4O3/c1-5-14-16(24-7-6-13(20)12-15(24)21-14)17(25)22-8-10-23(11-9-22)18(26)27-19(2,3)4/h6-7,12H,5,8-11H2,1-4H3. The molecule has 1 aliphatic heterocycles. The molecule has 3 rings (SSSR count). The van der Waals surface area contributed by atoms with E-state index in [-0.39, 0.29) is 12.0 Å². The van der Waals surface area contributed by atoms with Gasteiger partial charge in [-0.15, -0.1) is 0 Å². The molecule has 0 radical (unpaired) electrons. The second-order valence-electron chi connectivity index (χ2n) is 7.59. The largest absolute Gasteiger partial charge is 0.444 e. The van der Waals surface area contributed by atoms with Crippen molar-refractivity contribution in [3.8, 4) is 0 Å². The number of nitrogens with zero attached hydrogens (tertiary/aromatic N) is 4. The van der Waals surface area contributed by atoms with Crippen LogP contribution in [0.15, 0.2) is 18.3 Å². The van der Waals surface area contributed by atoms with Crippen molar-refractivity contribution in [1.29, 1.82) is 0 Å². The number of rotatable bonds is 2. The second kappa shape index (κ2) is 7.38. The van der Waals surface area contributed by atoms with Gasteiger partial charge in [0.15, 0.2) is 0 Å². The molecule has 0 bridgehead atoms. The minimum Gasteiger partial charge on any atom is -0.444 e. The van der Waals surface area contributed by atoms with Gasteiger partial charge in [0.2, 0.25) is 0 Å². The zero-order chi connectivity index (χ0) is 19.8. The predicted molar refractivity (Wildman–Crippen MR) is 103 cm³/mol. The van der Waals surface area contributed by atoms with Crippen molar-refractivity contribution in [2.24, 2.45) is 0 Å². The van der Waals surface area contributed by atoms with Crippen LogP contribution in [0.3, 0.4) is 0 Å². The van der Waals surface area contributed by atoms with Crippen molar-refractivity contribution in [2.75, 3.05) is 26.2 Å². The fourth-order valence-electron chi connectivity index (χ4n) is 3.11. The molecule has 0 saturated carbocycles. The van der Waals surface area contributed by atoms with Crippen molar-refractivity contribution >= 4 is 29.2 Å². The Balaban J connectivity index is 1.75. The van der Waals surface area contributed by atoms with E-state index in [4.69, 9.17) is 16.3 Å². The van der Waals surface area contributed by atoms with Crippen molar-refractivity contribution in [3.05, 3.63) is 34.7 Å². The quantitative estimate of drug-likeness (QED) is 0.786. The summed E-state index contributed by atoms with van der Waals surface area (Å²) in [7, 11) is 0. The van der Waals surface area contributed by atoms with Gasteiger partial charge >= 0.3 is 6.09 Å². The molecular weight excluding hydrogens is 368 g/mol. The lowest BCUT2D eigenvalue weighted by Gasteiger charge is -2.35. The number of piperazine rings is 1. The number of amides is 2. The number of carbonyl (C=O) groups is 2. The molecule has 3 heterocycles. The van der Waals surface area contributed by atoms with Gasteiger partial charge in [-0.3, -0.25) is 9.20 Å². The van der Waals surface area contributed by atoms with Gasteiger partial charge in [-0.2, -0.15) is 0 Å². The van der Waals surface area contributed by atoms with Crippen LogP contribution in [0.25, 0.3) is 5.65 Å². The third-order valence-electron chi connectivity index (χ3n) is 4.42. The lowest BCUT2D eigenvalue weighted by atomic mass is 10.2. The van der Waals surface area contributed by atoms with Crippen LogP contribution < -0.4 is 0 Å². The third kappa shape index (κ3) is 4.18. The number of pyridine rings is 1. The smallest absolute Gasteiger partial charge is 0.410 e. The summed E-state index contributed by atoms with van der Waals surface area (Å²) in [6.07, 6.45) is 2.08. The number of aryl methyl sites for hydroxylation is 1. The van der Waals surface area contributed by atoms with Gasteiger partial charge in [0.25, 0.3) is 5.91 Å². The average molecular weight is 393 g/mol. The van der Waals surface area contributed by atoms with E-state index in [1.54, 1.807) is 32.5 Å². The molecule has 0 aliphatic carbocycles. The van der Waals surface area contributed by atoms with Crippen molar-refractivity contribution < 1.29 is 14.3 Å². The van der Waals surface area contributed by atoms with Crippen molar-refractivity contribution in [1.82, 2.24) is 19.2 Å². The van der Waals surface area contributed by atoms with E-state index in [0.29, 0.717) is 49.0 Å². The Morgan fingerprint density at radius 3 is 2.41 bits per heavy atom. The molecular formula is C19H25ClN4O3. The molecule has 0 N–H and O–H groups in total. The number of imidazole rings is 1. The summed E-state index contributed by atoms with van der Waals surface area (Å²) in [5, 5.41) is 0.583. The molecule has 8 heteroatoms. The van der Waals surface area contributed by atoms with E-state index in [2.05, 4.69) is 4.98 Å². The number of aromatic nitrogens is 2. The van der Waals surface area contributed by atoms with Crippen LogP contribution in [-0.2, 0) is 11.2 Å². The molecule has 0 unspecified atom stereocenters. The maximum absolute atomic E-state index is 13.1. The van der Waals surface area contributed by atoms with Crippen LogP contribution in [-0.4, -0.2) is 63.0 Å². The van der Waals surface area contributed by atoms with E-state index in [9.17, 15) is 9.59 Å². The number of hydrogen-bond donors (Lipinski definition) is 0. The number of carbonyl (C=O) groups excluding carboxylic acids is 2. The Morgan fingerprint density at radius 1 is 1.19 bits per heavy atom. The van der Waals surface area contributed by atoms with Crippen molar-refractivity contribution in [3.63, 3.8) is 0 Å². The van der Waals surface area contributed by atoms with Crippen LogP contribution >= 0.6 is 11.6 Å². The van der Waals surface area contributed by atoms with Crippen LogP contribution in [0.5, 0.6) is 0 Å². The first-order valence-corrected chi connectivity index (χ1v) is 9.51. The molecule has 1 aliphatic rings. The first-order chi connectivity index (χ1) is 12.7. The Labute approximate surface area is 163 Å². The van der Waals surface area contributed by atoms with Gasteiger partial charge in [0, 0.05) is 43.5 Å². The molecule has 2 aromatic rings. The number of ether oxygens (including phenoxy) is 1. The number of hydrogen-bond acceptors (Lipinski definition) is 4. The van der Waals surface area contributed by atoms with E-state index < -0.39 is 5.60 Å². The van der Waals surface area contributed by atoms with Crippen LogP contribution in [0, 0.1) is 0 Å². The molecule has 0 aromatic carbocycles. The first-order valence-electron chi connectivity index (χ1n) is 9.13. The van der Waals surface area contributed by atoms with Crippen LogP contribution in [0.1, 0.15) is 43.9 Å². The molecule has 27 heavy (non-hydrogen) atoms. The van der Waals surface area contributed by atoms with Gasteiger partial charge < -0.3 is 14.5 Å². The zero-order valence-corrected chi connectivity index (χ0v) is 16.9. The molecule has 0 atom stereocenters. The van der Waals surface area contributed by atoms with Crippen LogP contribution in [0.2, 0.25) is 5.02 Å². The summed E-state index contributed by atoms with van der Waals surface area (Å²) in [5.41, 5.74) is 1.44. The van der Waals surface area contributed by atoms with E-state index in [1.165, 1.54) is 0 Å². The lowest BCUT2D eigenvalue weighted by Crippen LogP contribution is -2.51. The highest BCUT2D eigenvalue weighted by Crippen LogP contribution is 2.20. The summed E-state index contributed by atoms with van der Waals surface area (Å²) in [6.45, 7) is 9.32. The van der Waals surface area contributed by atoms with Gasteiger partial charge in [-0.05, 0) is 33.3 Å². The SMILES string of the molecule is CCc1nc2cc(Cl)ccn2c1C(=O)N1CCN(C(=O)OC(C)(C)C)CC1. The molecule has 1 fully saturated rings. The summed E-state index contributed by atoms with van der Waals surface area (Å²) in [4.78, 5) is 33.3. The van der Waals surface area contributed by atoms with E-state index >= 15 is 0 Å². The zero-order valence-electron chi connectivity index (χ0n) is 16.2. The molecule has 7 nitrogen and oxygen atoms in total. The normalized spacial score (nSPS) is 15.3. The van der Waals surface area contributed by atoms with E-state index in [1.807, 2.05) is 27.7 Å². The molecule has 2 amide bonds. The van der Waals surface area contributed by atoms with Gasteiger partial charge in [-0.1, -0.05) is 18.5 Å². The minimum absolute atomic E-state index is 0.0782. The lowest BCUT2D eigenvalue weighted by molar-refractivity contribution is 0.0140. The van der Waals surface area contributed by atoms with Gasteiger partial charge in [0.1, 0.15) is 16.9 Å². The number of fused-ring (bicyclic) bond motifs is 1. The molecule has 1 saturated heterocycles. The minimum atomic E-state index is -0.530. The average Bonchev–Trinajstić information content (AvgIpc) is 2.97. The number of halogens is 1. The Bertz CT molecular complexity index is 864. The fraction of sp³-hybridized carbons (Fsp3) is 0.526. The Kier molecular flexibility index (Phi) is 5.33. The van der Waals surface area contributed by atoms with Crippen LogP contribution in [0.4, 0.5) is 4.79 Å². The third-order valence-corrected chi connectivity index (χ3v) is 4.65. The summed E-state index contributed by atoms with van der Waals surface area (Å²) < 4.78 is 7.19. The Morgan fingerprint density at radius 2 is 1.81 bits per heavy atom. The van der Waals surface area contributed by atoms with Crippen molar-refractivity contribution in [2.45, 2.75) is 39.7 Å². The molecule has 0 spiro atoms. The molecule has 2 aromatic heterocycles. The monoisotopic (exact) mass is 392 g/mol. The highest BCUT2D eigenvalue weighted by molar-refractivity contribution is 6.30. The highest BCUT2D eigenvalue weighted by atomic mass is 35.5. The fourth-order valence-corrected chi connectivity index (χ4v) is 3.26.